The van der Waals surface area contributed by atoms with Crippen LogP contribution < -0.4 is 5.73 Å². The quantitative estimate of drug-likeness (QED) is 0.742. The fraction of sp³-hybridized carbons (Fsp3) is 0.857. The van der Waals surface area contributed by atoms with E-state index >= 15 is 0 Å². The number of nitrogens with two attached hydrogens (primary N) is 1. The van der Waals surface area contributed by atoms with Crippen LogP contribution in [0.4, 0.5) is 0 Å². The number of carbonyl (C=O) groups is 2. The van der Waals surface area contributed by atoms with Crippen LogP contribution in [0.3, 0.4) is 0 Å². The second-order valence-corrected chi connectivity index (χ2v) is 8.05. The number of likely N-dealkylation sites (N-methyl/N-ethyl adjacent to an activating group) is 1. The summed E-state index contributed by atoms with van der Waals surface area (Å²) in [6.45, 7) is 6.18. The maximum atomic E-state index is 13.1. The van der Waals surface area contributed by atoms with E-state index in [9.17, 15) is 9.59 Å². The molecule has 2 unspecified atom stereocenters. The summed E-state index contributed by atoms with van der Waals surface area (Å²) < 4.78 is -0.0401. The van der Waals surface area contributed by atoms with Crippen molar-refractivity contribution >= 4 is 23.6 Å². The van der Waals surface area contributed by atoms with Gasteiger partial charge in [0.15, 0.2) is 0 Å². The van der Waals surface area contributed by atoms with Crippen molar-refractivity contribution in [3.63, 3.8) is 0 Å². The van der Waals surface area contributed by atoms with Crippen molar-refractivity contribution in [2.75, 3.05) is 39.2 Å². The molecular weight excluding hydrogens is 302 g/mol. The largest absolute Gasteiger partial charge is 0.322 e. The zero-order valence-corrected chi connectivity index (χ0v) is 14.3. The van der Waals surface area contributed by atoms with Gasteiger partial charge in [0.2, 0.25) is 5.91 Å². The first-order valence-electron chi connectivity index (χ1n) is 7.81. The first kappa shape index (κ1) is 16.0. The molecule has 22 heavy (non-hydrogen) atoms. The molecule has 0 aliphatic carbocycles. The number of hydrazine groups is 1. The lowest BCUT2D eigenvalue weighted by Crippen LogP contribution is -2.59. The Bertz CT molecular complexity index is 490. The Morgan fingerprint density at radius 3 is 2.64 bits per heavy atom. The number of amides is 2. The van der Waals surface area contributed by atoms with E-state index in [4.69, 9.17) is 5.73 Å². The van der Waals surface area contributed by atoms with Gasteiger partial charge in [-0.05, 0) is 20.4 Å². The third-order valence-electron chi connectivity index (χ3n) is 5.21. The summed E-state index contributed by atoms with van der Waals surface area (Å²) in [6, 6.07) is -0.00671. The van der Waals surface area contributed by atoms with Crippen LogP contribution in [-0.4, -0.2) is 87.7 Å². The van der Waals surface area contributed by atoms with Gasteiger partial charge in [0.25, 0.3) is 5.91 Å². The van der Waals surface area contributed by atoms with Gasteiger partial charge in [-0.3, -0.25) is 19.5 Å². The zero-order valence-electron chi connectivity index (χ0n) is 13.5. The van der Waals surface area contributed by atoms with E-state index in [0.29, 0.717) is 13.2 Å². The van der Waals surface area contributed by atoms with Crippen LogP contribution in [0.25, 0.3) is 0 Å². The smallest absolute Gasteiger partial charge is 0.255 e. The van der Waals surface area contributed by atoms with Crippen molar-refractivity contribution in [2.45, 2.75) is 37.1 Å². The number of hydrogen-bond acceptors (Lipinski definition) is 6. The summed E-state index contributed by atoms with van der Waals surface area (Å²) in [4.78, 5) is 28.8. The molecule has 0 saturated carbocycles. The average molecular weight is 327 g/mol. The predicted molar refractivity (Wildman–Crippen MR) is 85.7 cm³/mol. The molecule has 0 aromatic rings. The molecule has 3 fully saturated rings. The van der Waals surface area contributed by atoms with Gasteiger partial charge in [-0.2, -0.15) is 5.01 Å². The molecule has 2 amide bonds. The highest BCUT2D eigenvalue weighted by molar-refractivity contribution is 8.00. The number of thioether (sulfide) groups is 1. The average Bonchev–Trinajstić information content (AvgIpc) is 3.19. The molecule has 0 radical (unpaired) electrons. The summed E-state index contributed by atoms with van der Waals surface area (Å²) >= 11 is 1.86. The minimum absolute atomic E-state index is 0.0356. The lowest BCUT2D eigenvalue weighted by Gasteiger charge is -2.39. The van der Waals surface area contributed by atoms with E-state index < -0.39 is 0 Å². The standard InChI is InChI=1S/C14H25N5O2S/c1-4-14(2)12(16(3)9-22-14)13(21)19-7-10-6-17(19)8-18(10)11(20)5-15/h10,12H,4-9,15H2,1-3H3/t10-,12?,14-/m0/s1. The molecule has 124 valence electrons. The Morgan fingerprint density at radius 1 is 1.36 bits per heavy atom. The van der Waals surface area contributed by atoms with Crippen LogP contribution in [0, 0.1) is 0 Å². The van der Waals surface area contributed by atoms with Crippen LogP contribution in [0.1, 0.15) is 20.3 Å². The molecule has 3 aliphatic heterocycles. The van der Waals surface area contributed by atoms with Gasteiger partial charge in [0, 0.05) is 17.2 Å². The minimum atomic E-state index is -0.0967. The Kier molecular flexibility index (Phi) is 4.13. The molecule has 7 nitrogen and oxygen atoms in total. The number of rotatable bonds is 3. The molecule has 0 aromatic heterocycles. The summed E-state index contributed by atoms with van der Waals surface area (Å²) in [7, 11) is 2.02. The van der Waals surface area contributed by atoms with E-state index in [0.717, 1.165) is 18.8 Å². The molecule has 8 heteroatoms. The Morgan fingerprint density at radius 2 is 2.09 bits per heavy atom. The van der Waals surface area contributed by atoms with Gasteiger partial charge >= 0.3 is 0 Å². The molecule has 3 heterocycles. The minimum Gasteiger partial charge on any atom is -0.322 e. The van der Waals surface area contributed by atoms with Crippen molar-refractivity contribution in [3.05, 3.63) is 0 Å². The van der Waals surface area contributed by atoms with Crippen LogP contribution in [0.5, 0.6) is 0 Å². The second-order valence-electron chi connectivity index (χ2n) is 6.57. The van der Waals surface area contributed by atoms with Gasteiger partial charge in [-0.25, -0.2) is 0 Å². The Balaban J connectivity index is 1.72. The number of carbonyl (C=O) groups excluding carboxylic acids is 2. The first-order valence-corrected chi connectivity index (χ1v) is 8.79. The molecule has 3 saturated heterocycles. The molecular formula is C14H25N5O2S. The number of nitrogens with zero attached hydrogens (tertiary/aromatic N) is 4. The highest BCUT2D eigenvalue weighted by Crippen LogP contribution is 2.42. The summed E-state index contributed by atoms with van der Waals surface area (Å²) in [5.41, 5.74) is 5.45. The fourth-order valence-corrected chi connectivity index (χ4v) is 5.01. The maximum absolute atomic E-state index is 13.1. The van der Waals surface area contributed by atoms with Crippen molar-refractivity contribution in [3.8, 4) is 0 Å². The van der Waals surface area contributed by atoms with E-state index in [2.05, 4.69) is 18.7 Å². The van der Waals surface area contributed by atoms with Gasteiger partial charge in [0.1, 0.15) is 6.04 Å². The molecule has 0 aromatic carbocycles. The van der Waals surface area contributed by atoms with Crippen molar-refractivity contribution in [1.82, 2.24) is 19.8 Å². The van der Waals surface area contributed by atoms with Gasteiger partial charge in [0.05, 0.1) is 25.8 Å². The number of fused-ring (bicyclic) bond motifs is 2. The van der Waals surface area contributed by atoms with E-state index in [-0.39, 0.29) is 35.2 Å². The molecule has 0 spiro atoms. The number of hydrogen-bond donors (Lipinski definition) is 1. The SMILES string of the molecule is CC[C@]1(C)SCN(C)C1C(=O)N1C[C@@H]2CN1CN2C(=O)CN. The Labute approximate surface area is 135 Å². The monoisotopic (exact) mass is 327 g/mol. The van der Waals surface area contributed by atoms with E-state index in [1.807, 2.05) is 28.8 Å². The topological polar surface area (TPSA) is 73.1 Å². The predicted octanol–water partition coefficient (Wildman–Crippen LogP) is -0.654. The fourth-order valence-electron chi connectivity index (χ4n) is 3.72. The summed E-state index contributed by atoms with van der Waals surface area (Å²) in [5.74, 6) is 1.02. The third-order valence-corrected chi connectivity index (χ3v) is 6.91. The molecule has 3 rings (SSSR count). The highest BCUT2D eigenvalue weighted by atomic mass is 32.2. The Hall–Kier alpha value is -0.830. The van der Waals surface area contributed by atoms with Crippen molar-refractivity contribution in [2.24, 2.45) is 5.73 Å². The van der Waals surface area contributed by atoms with Crippen LogP contribution >= 0.6 is 11.8 Å². The first-order chi connectivity index (χ1) is 10.4. The van der Waals surface area contributed by atoms with Crippen molar-refractivity contribution in [1.29, 1.82) is 0 Å². The maximum Gasteiger partial charge on any atom is 0.255 e. The van der Waals surface area contributed by atoms with Crippen LogP contribution in [-0.2, 0) is 9.59 Å². The molecule has 2 bridgehead atoms. The van der Waals surface area contributed by atoms with E-state index in [1.54, 1.807) is 4.90 Å². The summed E-state index contributed by atoms with van der Waals surface area (Å²) in [6.07, 6.45) is 0.966. The summed E-state index contributed by atoms with van der Waals surface area (Å²) in [5, 5.41) is 3.85. The van der Waals surface area contributed by atoms with Crippen LogP contribution in [0.2, 0.25) is 0 Å². The lowest BCUT2D eigenvalue weighted by atomic mass is 9.96. The van der Waals surface area contributed by atoms with Crippen LogP contribution in [0.15, 0.2) is 0 Å². The third kappa shape index (κ3) is 2.33. The molecule has 3 aliphatic rings. The van der Waals surface area contributed by atoms with Crippen molar-refractivity contribution < 1.29 is 9.59 Å². The molecule has 4 atom stereocenters. The highest BCUT2D eigenvalue weighted by Gasteiger charge is 2.52. The van der Waals surface area contributed by atoms with Gasteiger partial charge < -0.3 is 10.6 Å². The second kappa shape index (κ2) is 5.67. The zero-order chi connectivity index (χ0) is 16.1. The van der Waals surface area contributed by atoms with E-state index in [1.165, 1.54) is 0 Å². The van der Waals surface area contributed by atoms with Gasteiger partial charge in [-0.15, -0.1) is 11.8 Å². The normalized spacial score (nSPS) is 38.1. The lowest BCUT2D eigenvalue weighted by molar-refractivity contribution is -0.158. The molecule has 2 N–H and O–H groups in total. The van der Waals surface area contributed by atoms with Gasteiger partial charge in [-0.1, -0.05) is 6.92 Å².